The van der Waals surface area contributed by atoms with E-state index in [1.54, 1.807) is 0 Å². The molecule has 1 saturated heterocycles. The summed E-state index contributed by atoms with van der Waals surface area (Å²) >= 11 is 0. The smallest absolute Gasteiger partial charge is 0.161 e. The summed E-state index contributed by atoms with van der Waals surface area (Å²) in [6.07, 6.45) is 1.91. The van der Waals surface area contributed by atoms with Crippen LogP contribution < -0.4 is 15.2 Å². The second-order valence-corrected chi connectivity index (χ2v) is 4.55. The molecule has 2 aliphatic heterocycles. The molecule has 0 spiro atoms. The van der Waals surface area contributed by atoms with Crippen LogP contribution in [0, 0.1) is 0 Å². The number of benzene rings is 1. The topological polar surface area (TPSA) is 53.7 Å². The summed E-state index contributed by atoms with van der Waals surface area (Å²) in [7, 11) is 0. The van der Waals surface area contributed by atoms with E-state index in [1.165, 1.54) is 0 Å². The number of rotatable bonds is 1. The van der Waals surface area contributed by atoms with Gasteiger partial charge in [0.05, 0.1) is 6.10 Å². The van der Waals surface area contributed by atoms with Gasteiger partial charge in [0.1, 0.15) is 13.2 Å². The van der Waals surface area contributed by atoms with Gasteiger partial charge < -0.3 is 19.9 Å². The lowest BCUT2D eigenvalue weighted by Crippen LogP contribution is -2.30. The third-order valence-corrected chi connectivity index (χ3v) is 3.26. The van der Waals surface area contributed by atoms with Crippen LogP contribution in [0.3, 0.4) is 0 Å². The normalized spacial score (nSPS) is 27.8. The molecule has 3 rings (SSSR count). The molecule has 1 aromatic rings. The van der Waals surface area contributed by atoms with Gasteiger partial charge >= 0.3 is 0 Å². The Morgan fingerprint density at radius 3 is 2.71 bits per heavy atom. The fourth-order valence-corrected chi connectivity index (χ4v) is 2.32. The van der Waals surface area contributed by atoms with Crippen LogP contribution in [0.2, 0.25) is 0 Å². The average molecular weight is 235 g/mol. The fraction of sp³-hybridized carbons (Fsp3) is 0.538. The van der Waals surface area contributed by atoms with E-state index in [2.05, 4.69) is 0 Å². The quantitative estimate of drug-likeness (QED) is 0.804. The first-order valence-electron chi connectivity index (χ1n) is 6.09. The van der Waals surface area contributed by atoms with Crippen LogP contribution in [-0.2, 0) is 4.74 Å². The summed E-state index contributed by atoms with van der Waals surface area (Å²) in [6.45, 7) is 1.97. The zero-order chi connectivity index (χ0) is 11.7. The molecule has 0 radical (unpaired) electrons. The zero-order valence-corrected chi connectivity index (χ0v) is 9.72. The summed E-state index contributed by atoms with van der Waals surface area (Å²) in [5, 5.41) is 0. The summed E-state index contributed by atoms with van der Waals surface area (Å²) in [5.74, 6) is 1.64. The first-order chi connectivity index (χ1) is 8.33. The number of nitrogens with two attached hydrogens (primary N) is 1. The van der Waals surface area contributed by atoms with E-state index in [0.717, 1.165) is 36.5 Å². The Balaban J connectivity index is 1.83. The highest BCUT2D eigenvalue weighted by molar-refractivity contribution is 5.44. The standard InChI is InChI=1S/C13H17NO3/c14-10-3-4-15-12(8-10)9-1-2-11-13(7-9)17-6-5-16-11/h1-2,7,10,12H,3-6,8,14H2. The van der Waals surface area contributed by atoms with Crippen molar-refractivity contribution >= 4 is 0 Å². The van der Waals surface area contributed by atoms with Crippen molar-refractivity contribution in [2.24, 2.45) is 5.73 Å². The molecule has 4 nitrogen and oxygen atoms in total. The van der Waals surface area contributed by atoms with Gasteiger partial charge in [-0.15, -0.1) is 0 Å². The van der Waals surface area contributed by atoms with E-state index in [4.69, 9.17) is 19.9 Å². The van der Waals surface area contributed by atoms with E-state index in [9.17, 15) is 0 Å². The molecular weight excluding hydrogens is 218 g/mol. The monoisotopic (exact) mass is 235 g/mol. The Bertz CT molecular complexity index is 408. The molecule has 2 N–H and O–H groups in total. The minimum absolute atomic E-state index is 0.0922. The highest BCUT2D eigenvalue weighted by atomic mass is 16.6. The van der Waals surface area contributed by atoms with Crippen molar-refractivity contribution in [3.63, 3.8) is 0 Å². The van der Waals surface area contributed by atoms with Gasteiger partial charge in [-0.1, -0.05) is 6.07 Å². The maximum absolute atomic E-state index is 5.96. The Hall–Kier alpha value is -1.26. The van der Waals surface area contributed by atoms with Gasteiger partial charge in [0.2, 0.25) is 0 Å². The van der Waals surface area contributed by atoms with E-state index >= 15 is 0 Å². The third-order valence-electron chi connectivity index (χ3n) is 3.26. The number of ether oxygens (including phenoxy) is 3. The lowest BCUT2D eigenvalue weighted by molar-refractivity contribution is 0.00640. The lowest BCUT2D eigenvalue weighted by Gasteiger charge is -2.28. The first-order valence-corrected chi connectivity index (χ1v) is 6.09. The zero-order valence-electron chi connectivity index (χ0n) is 9.72. The van der Waals surface area contributed by atoms with Gasteiger partial charge in [0, 0.05) is 12.6 Å². The van der Waals surface area contributed by atoms with Crippen molar-refractivity contribution in [2.75, 3.05) is 19.8 Å². The largest absolute Gasteiger partial charge is 0.486 e. The fourth-order valence-electron chi connectivity index (χ4n) is 2.32. The Morgan fingerprint density at radius 1 is 1.06 bits per heavy atom. The van der Waals surface area contributed by atoms with Crippen molar-refractivity contribution < 1.29 is 14.2 Å². The molecular formula is C13H17NO3. The molecule has 1 aromatic carbocycles. The maximum atomic E-state index is 5.96. The molecule has 1 fully saturated rings. The summed E-state index contributed by atoms with van der Waals surface area (Å²) in [5.41, 5.74) is 7.09. The van der Waals surface area contributed by atoms with Crippen LogP contribution in [0.4, 0.5) is 0 Å². The van der Waals surface area contributed by atoms with Crippen molar-refractivity contribution in [3.8, 4) is 11.5 Å². The van der Waals surface area contributed by atoms with Gasteiger partial charge in [-0.3, -0.25) is 0 Å². The molecule has 2 aliphatic rings. The van der Waals surface area contributed by atoms with Crippen LogP contribution in [0.5, 0.6) is 11.5 Å². The van der Waals surface area contributed by atoms with Crippen LogP contribution in [0.1, 0.15) is 24.5 Å². The van der Waals surface area contributed by atoms with E-state index < -0.39 is 0 Å². The number of hydrogen-bond acceptors (Lipinski definition) is 4. The second kappa shape index (κ2) is 4.55. The average Bonchev–Trinajstić information content (AvgIpc) is 2.38. The molecule has 17 heavy (non-hydrogen) atoms. The molecule has 4 heteroatoms. The summed E-state index contributed by atoms with van der Waals surface area (Å²) < 4.78 is 16.8. The molecule has 2 heterocycles. The van der Waals surface area contributed by atoms with Gasteiger partial charge in [-0.25, -0.2) is 0 Å². The Labute approximate surface area is 101 Å². The second-order valence-electron chi connectivity index (χ2n) is 4.55. The number of fused-ring (bicyclic) bond motifs is 1. The Kier molecular flexibility index (Phi) is 2.91. The molecule has 0 amide bonds. The van der Waals surface area contributed by atoms with Crippen molar-refractivity contribution in [3.05, 3.63) is 23.8 Å². The van der Waals surface area contributed by atoms with E-state index in [0.29, 0.717) is 13.2 Å². The molecule has 2 unspecified atom stereocenters. The SMILES string of the molecule is NC1CCOC(c2ccc3c(c2)OCCO3)C1. The molecule has 0 bridgehead atoms. The molecule has 0 saturated carbocycles. The predicted molar refractivity (Wildman–Crippen MR) is 63.3 cm³/mol. The van der Waals surface area contributed by atoms with Crippen molar-refractivity contribution in [1.82, 2.24) is 0 Å². The molecule has 2 atom stereocenters. The molecule has 0 aromatic heterocycles. The van der Waals surface area contributed by atoms with Crippen LogP contribution in [0.25, 0.3) is 0 Å². The van der Waals surface area contributed by atoms with Gasteiger partial charge in [-0.2, -0.15) is 0 Å². The highest BCUT2D eigenvalue weighted by Gasteiger charge is 2.23. The minimum Gasteiger partial charge on any atom is -0.486 e. The van der Waals surface area contributed by atoms with Gasteiger partial charge in [0.25, 0.3) is 0 Å². The van der Waals surface area contributed by atoms with Crippen molar-refractivity contribution in [1.29, 1.82) is 0 Å². The van der Waals surface area contributed by atoms with E-state index in [-0.39, 0.29) is 12.1 Å². The van der Waals surface area contributed by atoms with Crippen LogP contribution in [0.15, 0.2) is 18.2 Å². The molecule has 0 aliphatic carbocycles. The highest BCUT2D eigenvalue weighted by Crippen LogP contribution is 2.35. The minimum atomic E-state index is 0.0922. The summed E-state index contributed by atoms with van der Waals surface area (Å²) in [4.78, 5) is 0. The van der Waals surface area contributed by atoms with Crippen LogP contribution in [-0.4, -0.2) is 25.9 Å². The maximum Gasteiger partial charge on any atom is 0.161 e. The number of hydrogen-bond donors (Lipinski definition) is 1. The van der Waals surface area contributed by atoms with Crippen molar-refractivity contribution in [2.45, 2.75) is 25.0 Å². The first kappa shape index (κ1) is 10.9. The summed E-state index contributed by atoms with van der Waals surface area (Å²) in [6, 6.07) is 6.24. The van der Waals surface area contributed by atoms with E-state index in [1.807, 2.05) is 18.2 Å². The predicted octanol–water partition coefficient (Wildman–Crippen LogP) is 1.64. The lowest BCUT2D eigenvalue weighted by atomic mass is 9.98. The Morgan fingerprint density at radius 2 is 1.88 bits per heavy atom. The van der Waals surface area contributed by atoms with Gasteiger partial charge in [0.15, 0.2) is 11.5 Å². The van der Waals surface area contributed by atoms with Gasteiger partial charge in [-0.05, 0) is 30.5 Å². The third kappa shape index (κ3) is 2.23. The molecule has 92 valence electrons. The van der Waals surface area contributed by atoms with Crippen LogP contribution >= 0.6 is 0 Å².